The van der Waals surface area contributed by atoms with Crippen molar-refractivity contribution in [1.29, 1.82) is 0 Å². The summed E-state index contributed by atoms with van der Waals surface area (Å²) >= 11 is 0. The van der Waals surface area contributed by atoms with Crippen LogP contribution in [-0.2, 0) is 0 Å². The molecule has 0 atom stereocenters. The van der Waals surface area contributed by atoms with Crippen molar-refractivity contribution in [2.75, 3.05) is 0 Å². The van der Waals surface area contributed by atoms with Gasteiger partial charge in [-0.1, -0.05) is 32.0 Å². The van der Waals surface area contributed by atoms with Crippen LogP contribution in [0, 0.1) is 6.92 Å². The molecule has 1 aromatic heterocycles. The first-order chi connectivity index (χ1) is 7.79. The van der Waals surface area contributed by atoms with Crippen LogP contribution in [0.25, 0.3) is 11.3 Å². The van der Waals surface area contributed by atoms with Gasteiger partial charge in [-0.2, -0.15) is 0 Å². The molecule has 0 fully saturated rings. The van der Waals surface area contributed by atoms with Crippen molar-refractivity contribution in [3.63, 3.8) is 0 Å². The van der Waals surface area contributed by atoms with Gasteiger partial charge in [0.25, 0.3) is 0 Å². The zero-order valence-corrected chi connectivity index (χ0v) is 9.94. The van der Waals surface area contributed by atoms with Crippen LogP contribution in [0.5, 0.6) is 5.75 Å². The number of benzene rings is 1. The molecule has 2 nitrogen and oxygen atoms in total. The van der Waals surface area contributed by atoms with E-state index < -0.39 is 0 Å². The molecule has 0 unspecified atom stereocenters. The van der Waals surface area contributed by atoms with Gasteiger partial charge in [0.05, 0.1) is 5.69 Å². The molecule has 0 bridgehead atoms. The molecule has 0 radical (unpaired) electrons. The topological polar surface area (TPSA) is 33.1 Å². The molecule has 0 spiro atoms. The molecule has 16 heavy (non-hydrogen) atoms. The molecular weight excluding hydrogens is 198 g/mol. The zero-order chi connectivity index (χ0) is 12.0. The average molecular weight is 215 g/mol. The Morgan fingerprint density at radius 1 is 1.00 bits per heavy atom. The second-order valence-corrected chi connectivity index (χ2v) is 3.18. The standard InChI is InChI=1S/C12H11NO.C2H6/c1-9-5-4-7-11(14)12(9)10-6-2-3-8-13-10;1-2/h2-8,14H,1H3;1-2H3. The number of hydrogen-bond acceptors (Lipinski definition) is 2. The summed E-state index contributed by atoms with van der Waals surface area (Å²) in [6.07, 6.45) is 1.72. The largest absolute Gasteiger partial charge is 0.507 e. The Bertz CT molecular complexity index is 417. The third-order valence-corrected chi connectivity index (χ3v) is 2.17. The van der Waals surface area contributed by atoms with Crippen molar-refractivity contribution in [1.82, 2.24) is 4.98 Å². The lowest BCUT2D eigenvalue weighted by atomic mass is 10.0. The van der Waals surface area contributed by atoms with Gasteiger partial charge in [0.15, 0.2) is 0 Å². The highest BCUT2D eigenvalue weighted by Crippen LogP contribution is 2.30. The summed E-state index contributed by atoms with van der Waals surface area (Å²) in [6.45, 7) is 5.96. The maximum Gasteiger partial charge on any atom is 0.125 e. The molecular formula is C14H17NO. The van der Waals surface area contributed by atoms with Gasteiger partial charge < -0.3 is 5.11 Å². The number of aromatic nitrogens is 1. The van der Waals surface area contributed by atoms with Crippen molar-refractivity contribution >= 4 is 0 Å². The minimum atomic E-state index is 0.281. The van der Waals surface area contributed by atoms with Crippen LogP contribution >= 0.6 is 0 Å². The molecule has 0 aliphatic rings. The number of pyridine rings is 1. The van der Waals surface area contributed by atoms with Crippen LogP contribution in [-0.4, -0.2) is 10.1 Å². The number of hydrogen-bond donors (Lipinski definition) is 1. The molecule has 2 rings (SSSR count). The number of rotatable bonds is 1. The Balaban J connectivity index is 0.000000606. The van der Waals surface area contributed by atoms with Crippen molar-refractivity contribution < 1.29 is 5.11 Å². The van der Waals surface area contributed by atoms with Crippen molar-refractivity contribution in [2.24, 2.45) is 0 Å². The van der Waals surface area contributed by atoms with Gasteiger partial charge in [-0.3, -0.25) is 4.98 Å². The van der Waals surface area contributed by atoms with Crippen molar-refractivity contribution in [3.8, 4) is 17.0 Å². The fourth-order valence-corrected chi connectivity index (χ4v) is 1.50. The first kappa shape index (κ1) is 12.2. The second-order valence-electron chi connectivity index (χ2n) is 3.18. The van der Waals surface area contributed by atoms with E-state index in [0.29, 0.717) is 0 Å². The molecule has 1 heterocycles. The zero-order valence-electron chi connectivity index (χ0n) is 9.94. The molecule has 0 saturated carbocycles. The molecule has 0 amide bonds. The van der Waals surface area contributed by atoms with E-state index in [0.717, 1.165) is 16.8 Å². The maximum atomic E-state index is 9.70. The third-order valence-electron chi connectivity index (χ3n) is 2.17. The predicted octanol–water partition coefficient (Wildman–Crippen LogP) is 3.79. The van der Waals surface area contributed by atoms with E-state index >= 15 is 0 Å². The average Bonchev–Trinajstić information content (AvgIpc) is 2.33. The minimum absolute atomic E-state index is 0.281. The lowest BCUT2D eigenvalue weighted by molar-refractivity contribution is 0.477. The summed E-state index contributed by atoms with van der Waals surface area (Å²) in [5.74, 6) is 0.281. The van der Waals surface area contributed by atoms with E-state index in [2.05, 4.69) is 4.98 Å². The fraction of sp³-hybridized carbons (Fsp3) is 0.214. The van der Waals surface area contributed by atoms with Crippen LogP contribution in [0.1, 0.15) is 19.4 Å². The monoisotopic (exact) mass is 215 g/mol. The number of phenols is 1. The van der Waals surface area contributed by atoms with Gasteiger partial charge in [-0.15, -0.1) is 0 Å². The number of aromatic hydroxyl groups is 1. The Hall–Kier alpha value is -1.83. The second kappa shape index (κ2) is 5.91. The summed E-state index contributed by atoms with van der Waals surface area (Å²) in [4.78, 5) is 4.21. The van der Waals surface area contributed by atoms with Crippen LogP contribution in [0.3, 0.4) is 0 Å². The van der Waals surface area contributed by atoms with E-state index in [4.69, 9.17) is 0 Å². The summed E-state index contributed by atoms with van der Waals surface area (Å²) in [7, 11) is 0. The highest BCUT2D eigenvalue weighted by molar-refractivity contribution is 5.70. The van der Waals surface area contributed by atoms with Crippen molar-refractivity contribution in [2.45, 2.75) is 20.8 Å². The fourth-order valence-electron chi connectivity index (χ4n) is 1.50. The van der Waals surface area contributed by atoms with E-state index in [9.17, 15) is 5.11 Å². The quantitative estimate of drug-likeness (QED) is 0.785. The SMILES string of the molecule is CC.Cc1cccc(O)c1-c1ccccn1. The lowest BCUT2D eigenvalue weighted by Gasteiger charge is -2.06. The van der Waals surface area contributed by atoms with Gasteiger partial charge in [0, 0.05) is 11.8 Å². The minimum Gasteiger partial charge on any atom is -0.507 e. The number of aryl methyl sites for hydroxylation is 1. The summed E-state index contributed by atoms with van der Waals surface area (Å²) in [5, 5.41) is 9.70. The molecule has 1 aromatic carbocycles. The van der Waals surface area contributed by atoms with Gasteiger partial charge in [-0.05, 0) is 30.7 Å². The summed E-state index contributed by atoms with van der Waals surface area (Å²) < 4.78 is 0. The van der Waals surface area contributed by atoms with Crippen LogP contribution in [0.15, 0.2) is 42.6 Å². The van der Waals surface area contributed by atoms with E-state index in [1.165, 1.54) is 0 Å². The number of phenolic OH excluding ortho intramolecular Hbond substituents is 1. The normalized spacial score (nSPS) is 9.19. The van der Waals surface area contributed by atoms with E-state index in [1.54, 1.807) is 12.3 Å². The smallest absolute Gasteiger partial charge is 0.125 e. The Labute approximate surface area is 96.6 Å². The van der Waals surface area contributed by atoms with Gasteiger partial charge >= 0.3 is 0 Å². The summed E-state index contributed by atoms with van der Waals surface area (Å²) in [6, 6.07) is 11.1. The first-order valence-corrected chi connectivity index (χ1v) is 5.49. The highest BCUT2D eigenvalue weighted by Gasteiger charge is 2.06. The number of nitrogens with zero attached hydrogens (tertiary/aromatic N) is 1. The summed E-state index contributed by atoms with van der Waals surface area (Å²) in [5.41, 5.74) is 2.65. The van der Waals surface area contributed by atoms with Crippen molar-refractivity contribution in [3.05, 3.63) is 48.2 Å². The molecule has 2 heteroatoms. The molecule has 0 saturated heterocycles. The molecule has 2 aromatic rings. The van der Waals surface area contributed by atoms with Crippen LogP contribution in [0.2, 0.25) is 0 Å². The molecule has 84 valence electrons. The van der Waals surface area contributed by atoms with Crippen LogP contribution < -0.4 is 0 Å². The van der Waals surface area contributed by atoms with Gasteiger partial charge in [-0.25, -0.2) is 0 Å². The maximum absolute atomic E-state index is 9.70. The Morgan fingerprint density at radius 3 is 2.31 bits per heavy atom. The van der Waals surface area contributed by atoms with Gasteiger partial charge in [0.1, 0.15) is 5.75 Å². The highest BCUT2D eigenvalue weighted by atomic mass is 16.3. The lowest BCUT2D eigenvalue weighted by Crippen LogP contribution is -1.86. The molecule has 1 N–H and O–H groups in total. The predicted molar refractivity (Wildman–Crippen MR) is 67.4 cm³/mol. The van der Waals surface area contributed by atoms with Gasteiger partial charge in [0.2, 0.25) is 0 Å². The Morgan fingerprint density at radius 2 is 1.75 bits per heavy atom. The Kier molecular flexibility index (Phi) is 4.52. The third kappa shape index (κ3) is 2.60. The van der Waals surface area contributed by atoms with E-state index in [1.807, 2.05) is 51.1 Å². The molecule has 0 aliphatic carbocycles. The van der Waals surface area contributed by atoms with Crippen LogP contribution in [0.4, 0.5) is 0 Å². The molecule has 0 aliphatic heterocycles. The first-order valence-electron chi connectivity index (χ1n) is 5.49. The van der Waals surface area contributed by atoms with E-state index in [-0.39, 0.29) is 5.75 Å².